The summed E-state index contributed by atoms with van der Waals surface area (Å²) in [4.78, 5) is 23.3. The molecule has 3 aromatic rings. The van der Waals surface area contributed by atoms with E-state index in [9.17, 15) is 18.0 Å². The van der Waals surface area contributed by atoms with E-state index >= 15 is 0 Å². The molecule has 0 bridgehead atoms. The summed E-state index contributed by atoms with van der Waals surface area (Å²) in [5, 5.41) is 2.85. The van der Waals surface area contributed by atoms with Crippen molar-refractivity contribution < 1.29 is 22.5 Å². The minimum absolute atomic E-state index is 0.0774. The fraction of sp³-hybridized carbons (Fsp3) is 0.227. The van der Waals surface area contributed by atoms with Crippen molar-refractivity contribution in [2.24, 2.45) is 0 Å². The molecule has 1 amide bonds. The molecule has 2 aromatic carbocycles. The zero-order valence-electron chi connectivity index (χ0n) is 17.0. The molecular weight excluding hydrogens is 441 g/mol. The molecule has 2 N–H and O–H groups in total. The first-order valence-corrected chi connectivity index (χ1v) is 10.5. The second-order valence-corrected chi connectivity index (χ2v) is 7.97. The van der Waals surface area contributed by atoms with Gasteiger partial charge in [0.05, 0.1) is 23.3 Å². The number of hydrogen-bond donors (Lipinski definition) is 2. The lowest BCUT2D eigenvalue weighted by Gasteiger charge is -2.31. The largest absolute Gasteiger partial charge is 0.416 e. The van der Waals surface area contributed by atoms with Gasteiger partial charge in [-0.1, -0.05) is 12.1 Å². The average molecular weight is 460 g/mol. The number of amides is 1. The fourth-order valence-electron chi connectivity index (χ4n) is 3.62. The predicted octanol–water partition coefficient (Wildman–Crippen LogP) is 5.18. The molecule has 1 aromatic heterocycles. The lowest BCUT2D eigenvalue weighted by Crippen LogP contribution is -2.32. The summed E-state index contributed by atoms with van der Waals surface area (Å²) >= 11 is 0.507. The van der Waals surface area contributed by atoms with E-state index in [4.69, 9.17) is 4.55 Å². The van der Waals surface area contributed by atoms with Crippen LogP contribution in [0.5, 0.6) is 0 Å². The van der Waals surface area contributed by atoms with E-state index in [0.29, 0.717) is 42.3 Å². The second kappa shape index (κ2) is 8.79. The maximum Gasteiger partial charge on any atom is 0.416 e. The van der Waals surface area contributed by atoms with Crippen LogP contribution in [-0.2, 0) is 19.1 Å². The minimum Gasteiger partial charge on any atom is -0.366 e. The van der Waals surface area contributed by atoms with Gasteiger partial charge >= 0.3 is 6.18 Å². The summed E-state index contributed by atoms with van der Waals surface area (Å²) in [7, 11) is 0. The quantitative estimate of drug-likeness (QED) is 0.413. The average Bonchev–Trinajstić information content (AvgIpc) is 2.78. The third-order valence-corrected chi connectivity index (χ3v) is 5.61. The van der Waals surface area contributed by atoms with Crippen LogP contribution in [-0.4, -0.2) is 27.0 Å². The highest BCUT2D eigenvalue weighted by molar-refractivity contribution is 7.93. The highest BCUT2D eigenvalue weighted by Gasteiger charge is 2.30. The Hall–Kier alpha value is -3.11. The number of aryl methyl sites for hydroxylation is 1. The van der Waals surface area contributed by atoms with Gasteiger partial charge in [-0.25, -0.2) is 9.97 Å². The molecule has 0 fully saturated rings. The van der Waals surface area contributed by atoms with E-state index in [0.717, 1.165) is 34.6 Å². The van der Waals surface area contributed by atoms with E-state index in [1.54, 1.807) is 18.3 Å². The Balaban J connectivity index is 1.54. The minimum atomic E-state index is -4.48. The van der Waals surface area contributed by atoms with Crippen molar-refractivity contribution in [3.8, 4) is 0 Å². The summed E-state index contributed by atoms with van der Waals surface area (Å²) in [5.41, 5.74) is 3.24. The second-order valence-electron chi connectivity index (χ2n) is 7.42. The molecule has 1 aliphatic rings. The summed E-state index contributed by atoms with van der Waals surface area (Å²) in [6, 6.07) is 9.74. The van der Waals surface area contributed by atoms with Gasteiger partial charge in [0, 0.05) is 48.2 Å². The molecule has 0 spiro atoms. The number of carbonyl (C=O) groups is 1. The van der Waals surface area contributed by atoms with E-state index < -0.39 is 17.6 Å². The first-order chi connectivity index (χ1) is 15.2. The van der Waals surface area contributed by atoms with E-state index in [1.807, 2.05) is 13.0 Å². The van der Waals surface area contributed by atoms with Crippen molar-refractivity contribution in [2.75, 3.05) is 16.8 Å². The smallest absolute Gasteiger partial charge is 0.366 e. The van der Waals surface area contributed by atoms with Gasteiger partial charge in [-0.15, -0.1) is 0 Å². The number of alkyl halides is 3. The molecule has 0 aliphatic carbocycles. The Morgan fingerprint density at radius 2 is 2.03 bits per heavy atom. The highest BCUT2D eigenvalue weighted by atomic mass is 32.2. The lowest BCUT2D eigenvalue weighted by atomic mass is 10.0. The third-order valence-electron chi connectivity index (χ3n) is 5.25. The molecule has 2 heterocycles. The van der Waals surface area contributed by atoms with Gasteiger partial charge in [-0.05, 0) is 42.8 Å². The van der Waals surface area contributed by atoms with Crippen LogP contribution in [0.3, 0.4) is 0 Å². The highest BCUT2D eigenvalue weighted by Crippen LogP contribution is 2.31. The van der Waals surface area contributed by atoms with Crippen molar-refractivity contribution in [2.45, 2.75) is 31.2 Å². The van der Waals surface area contributed by atoms with Crippen LogP contribution in [0.15, 0.2) is 53.8 Å². The number of nitrogens with zero attached hydrogens (tertiary/aromatic N) is 3. The van der Waals surface area contributed by atoms with Gasteiger partial charge in [0.15, 0.2) is 0 Å². The van der Waals surface area contributed by atoms with Crippen LogP contribution in [0.2, 0.25) is 0 Å². The van der Waals surface area contributed by atoms with Gasteiger partial charge in [0.2, 0.25) is 5.16 Å². The molecule has 0 unspecified atom stereocenters. The third kappa shape index (κ3) is 4.71. The monoisotopic (exact) mass is 460 g/mol. The van der Waals surface area contributed by atoms with Gasteiger partial charge in [-0.2, -0.15) is 13.2 Å². The van der Waals surface area contributed by atoms with Crippen molar-refractivity contribution >= 4 is 29.3 Å². The Kier molecular flexibility index (Phi) is 6.07. The number of hydrogen-bond acceptors (Lipinski definition) is 6. The zero-order valence-corrected chi connectivity index (χ0v) is 17.8. The molecule has 0 atom stereocenters. The SMILES string of the molecule is Cc1ccc(C(=O)Nc2cccc(C(F)(F)F)c2)cc1N1CCc2nc(SO)ncc2C1. The molecular formula is C22H19F3N4O2S. The van der Waals surface area contributed by atoms with Crippen LogP contribution < -0.4 is 10.2 Å². The van der Waals surface area contributed by atoms with Gasteiger partial charge in [-0.3, -0.25) is 4.79 Å². The lowest BCUT2D eigenvalue weighted by molar-refractivity contribution is -0.137. The number of nitrogens with one attached hydrogen (secondary N) is 1. The normalized spacial score (nSPS) is 13.6. The molecule has 0 radical (unpaired) electrons. The van der Waals surface area contributed by atoms with Crippen molar-refractivity contribution in [1.29, 1.82) is 0 Å². The van der Waals surface area contributed by atoms with E-state index in [-0.39, 0.29) is 5.69 Å². The van der Waals surface area contributed by atoms with Crippen LogP contribution >= 0.6 is 12.0 Å². The van der Waals surface area contributed by atoms with Crippen LogP contribution in [0.25, 0.3) is 0 Å². The zero-order chi connectivity index (χ0) is 22.9. The molecule has 166 valence electrons. The standard InChI is InChI=1S/C22H19F3N4O2S/c1-13-5-6-14(20(30)27-17-4-2-3-16(10-17)22(23,24)25)9-19(13)29-8-7-18-15(12-29)11-26-21(28-18)32-31/h2-6,9-11,31H,7-8,12H2,1H3,(H,27,30). The number of benzene rings is 2. The van der Waals surface area contributed by atoms with Crippen LogP contribution in [0.4, 0.5) is 24.5 Å². The summed E-state index contributed by atoms with van der Waals surface area (Å²) in [6.07, 6.45) is -2.14. The number of rotatable bonds is 4. The van der Waals surface area contributed by atoms with Gasteiger partial charge < -0.3 is 14.8 Å². The summed E-state index contributed by atoms with van der Waals surface area (Å²) < 4.78 is 48.0. The number of fused-ring (bicyclic) bond motifs is 1. The van der Waals surface area contributed by atoms with Gasteiger partial charge in [0.25, 0.3) is 5.91 Å². The maximum atomic E-state index is 12.9. The fourth-order valence-corrected chi connectivity index (χ4v) is 3.87. The van der Waals surface area contributed by atoms with E-state index in [1.165, 1.54) is 12.1 Å². The maximum absolute atomic E-state index is 12.9. The van der Waals surface area contributed by atoms with Crippen molar-refractivity contribution in [3.63, 3.8) is 0 Å². The first-order valence-electron chi connectivity index (χ1n) is 9.75. The van der Waals surface area contributed by atoms with Crippen molar-refractivity contribution in [1.82, 2.24) is 9.97 Å². The summed E-state index contributed by atoms with van der Waals surface area (Å²) in [6.45, 7) is 3.14. The van der Waals surface area contributed by atoms with Crippen LogP contribution in [0.1, 0.15) is 32.7 Å². The molecule has 0 saturated carbocycles. The topological polar surface area (TPSA) is 78.4 Å². The first kappa shape index (κ1) is 22.1. The number of carbonyl (C=O) groups excluding carboxylic acids is 1. The Morgan fingerprint density at radius 3 is 2.78 bits per heavy atom. The number of anilines is 2. The van der Waals surface area contributed by atoms with Crippen LogP contribution in [0, 0.1) is 6.92 Å². The Morgan fingerprint density at radius 1 is 1.22 bits per heavy atom. The molecule has 4 rings (SSSR count). The number of halogens is 3. The van der Waals surface area contributed by atoms with E-state index in [2.05, 4.69) is 20.2 Å². The van der Waals surface area contributed by atoms with Crippen molar-refractivity contribution in [3.05, 3.63) is 76.6 Å². The Labute approximate surface area is 186 Å². The van der Waals surface area contributed by atoms with Gasteiger partial charge in [0.1, 0.15) is 0 Å². The molecule has 6 nitrogen and oxygen atoms in total. The molecule has 0 saturated heterocycles. The molecule has 32 heavy (non-hydrogen) atoms. The summed E-state index contributed by atoms with van der Waals surface area (Å²) in [5.74, 6) is -0.490. The molecule has 10 heteroatoms. The molecule has 1 aliphatic heterocycles. The number of aromatic nitrogens is 2. The Bertz CT molecular complexity index is 1170. The predicted molar refractivity (Wildman–Crippen MR) is 116 cm³/mol.